The molecular formula is C5H9N5O. The van der Waals surface area contributed by atoms with Crippen LogP contribution in [0.1, 0.15) is 0 Å². The van der Waals surface area contributed by atoms with E-state index in [0.29, 0.717) is 5.82 Å². The van der Waals surface area contributed by atoms with E-state index in [9.17, 15) is 0 Å². The minimum atomic E-state index is -1.18. The van der Waals surface area contributed by atoms with E-state index >= 15 is 0 Å². The number of nitrogens with one attached hydrogen (secondary N) is 2. The van der Waals surface area contributed by atoms with Crippen molar-refractivity contribution in [3.05, 3.63) is 12.5 Å². The molecule has 0 saturated carbocycles. The minimum absolute atomic E-state index is 0.689. The van der Waals surface area contributed by atoms with Gasteiger partial charge in [0.05, 0.1) is 18.9 Å². The van der Waals surface area contributed by atoms with E-state index in [4.69, 9.17) is 10.8 Å². The Bertz CT molecular complexity index is 217. The second-order valence-electron chi connectivity index (χ2n) is 1.80. The number of aliphatic hydroxyl groups is 1. The molecule has 0 aliphatic rings. The van der Waals surface area contributed by atoms with E-state index in [0.717, 1.165) is 0 Å². The number of aliphatic hydroxyl groups excluding tert-OH is 1. The zero-order valence-electron chi connectivity index (χ0n) is 5.73. The predicted molar refractivity (Wildman–Crippen MR) is 40.9 cm³/mol. The summed E-state index contributed by atoms with van der Waals surface area (Å²) >= 11 is 0. The van der Waals surface area contributed by atoms with Gasteiger partial charge in [0.15, 0.2) is 0 Å². The molecule has 6 heteroatoms. The Morgan fingerprint density at radius 2 is 2.73 bits per heavy atom. The van der Waals surface area contributed by atoms with Gasteiger partial charge < -0.3 is 15.4 Å². The van der Waals surface area contributed by atoms with Crippen molar-refractivity contribution in [2.75, 3.05) is 5.32 Å². The summed E-state index contributed by atoms with van der Waals surface area (Å²) in [5, 5.41) is 11.2. The van der Waals surface area contributed by atoms with E-state index in [1.54, 1.807) is 6.20 Å². The van der Waals surface area contributed by atoms with E-state index in [1.165, 1.54) is 12.7 Å². The number of aromatic amines is 1. The molecule has 0 amide bonds. The summed E-state index contributed by atoms with van der Waals surface area (Å²) < 4.78 is 0. The number of rotatable bonds is 3. The zero-order chi connectivity index (χ0) is 8.10. The second kappa shape index (κ2) is 3.69. The molecule has 11 heavy (non-hydrogen) atoms. The van der Waals surface area contributed by atoms with Crippen LogP contribution >= 0.6 is 0 Å². The quantitative estimate of drug-likeness (QED) is 0.258. The Labute approximate surface area is 63.2 Å². The van der Waals surface area contributed by atoms with Crippen molar-refractivity contribution < 1.29 is 5.11 Å². The summed E-state index contributed by atoms with van der Waals surface area (Å²) in [6.45, 7) is 0. The molecule has 1 heterocycles. The van der Waals surface area contributed by atoms with Gasteiger partial charge in [0.1, 0.15) is 5.82 Å². The van der Waals surface area contributed by atoms with Crippen LogP contribution in [-0.4, -0.2) is 27.8 Å². The van der Waals surface area contributed by atoms with Crippen LogP contribution in [0, 0.1) is 0 Å². The molecule has 1 aromatic heterocycles. The Hall–Kier alpha value is -1.40. The second-order valence-corrected chi connectivity index (χ2v) is 1.80. The van der Waals surface area contributed by atoms with Crippen LogP contribution < -0.4 is 11.1 Å². The molecule has 0 bridgehead atoms. The molecule has 0 unspecified atom stereocenters. The number of anilines is 1. The van der Waals surface area contributed by atoms with Crippen LogP contribution in [0.5, 0.6) is 0 Å². The zero-order valence-corrected chi connectivity index (χ0v) is 5.73. The van der Waals surface area contributed by atoms with Crippen molar-refractivity contribution in [1.82, 2.24) is 9.97 Å². The number of H-pyrrole nitrogens is 1. The highest BCUT2D eigenvalue weighted by Gasteiger charge is 1.87. The number of nitrogens with two attached hydrogens (primary N) is 1. The third kappa shape index (κ3) is 2.78. The van der Waals surface area contributed by atoms with Crippen LogP contribution in [0.3, 0.4) is 0 Å². The maximum absolute atomic E-state index is 8.50. The van der Waals surface area contributed by atoms with Crippen LogP contribution in [0.25, 0.3) is 0 Å². The molecule has 0 saturated heterocycles. The normalized spacial score (nSPS) is 13.6. The predicted octanol–water partition coefficient (Wildman–Crippen LogP) is -0.916. The lowest BCUT2D eigenvalue weighted by atomic mass is 10.7. The summed E-state index contributed by atoms with van der Waals surface area (Å²) in [4.78, 5) is 9.97. The van der Waals surface area contributed by atoms with Crippen LogP contribution in [0.15, 0.2) is 17.5 Å². The van der Waals surface area contributed by atoms with Gasteiger partial charge in [0.25, 0.3) is 0 Å². The van der Waals surface area contributed by atoms with Crippen molar-refractivity contribution in [2.45, 2.75) is 6.35 Å². The fourth-order valence-corrected chi connectivity index (χ4v) is 0.518. The number of imidazole rings is 1. The molecule has 0 radical (unpaired) electrons. The van der Waals surface area contributed by atoms with Gasteiger partial charge >= 0.3 is 0 Å². The average molecular weight is 155 g/mol. The third-order valence-corrected chi connectivity index (χ3v) is 0.946. The van der Waals surface area contributed by atoms with Crippen molar-refractivity contribution >= 4 is 12.2 Å². The standard InChI is InChI=1S/C5H9N5O/c6-5(11)10-3-9-4-1-7-2-8-4/h1-3,5,11H,6H2,(H,7,8)(H,9,10)/t5-/m0/s1. The SMILES string of the molecule is N[C@H](O)/N=C/Nc1cnc[nH]1. The molecule has 0 aliphatic heterocycles. The number of nitrogens with zero attached hydrogens (tertiary/aromatic N) is 2. The Morgan fingerprint density at radius 3 is 3.27 bits per heavy atom. The molecule has 0 fully saturated rings. The topological polar surface area (TPSA) is 99.3 Å². The fraction of sp³-hybridized carbons (Fsp3) is 0.200. The minimum Gasteiger partial charge on any atom is -0.360 e. The van der Waals surface area contributed by atoms with Gasteiger partial charge in [-0.1, -0.05) is 0 Å². The summed E-state index contributed by atoms with van der Waals surface area (Å²) in [5.41, 5.74) is 4.92. The highest BCUT2D eigenvalue weighted by atomic mass is 16.3. The van der Waals surface area contributed by atoms with E-state index in [-0.39, 0.29) is 0 Å². The van der Waals surface area contributed by atoms with Gasteiger partial charge in [0, 0.05) is 0 Å². The molecule has 1 aromatic rings. The Kier molecular flexibility index (Phi) is 2.59. The van der Waals surface area contributed by atoms with E-state index in [1.807, 2.05) is 0 Å². The van der Waals surface area contributed by atoms with E-state index < -0.39 is 6.35 Å². The summed E-state index contributed by atoms with van der Waals surface area (Å²) in [5.74, 6) is 0.689. The lowest BCUT2D eigenvalue weighted by molar-refractivity contribution is 0.193. The molecule has 6 nitrogen and oxygen atoms in total. The highest BCUT2D eigenvalue weighted by molar-refractivity contribution is 5.73. The van der Waals surface area contributed by atoms with Gasteiger partial charge in [0.2, 0.25) is 6.35 Å². The van der Waals surface area contributed by atoms with Gasteiger partial charge in [-0.2, -0.15) is 0 Å². The monoisotopic (exact) mass is 155 g/mol. The highest BCUT2D eigenvalue weighted by Crippen LogP contribution is 1.94. The summed E-state index contributed by atoms with van der Waals surface area (Å²) in [7, 11) is 0. The summed E-state index contributed by atoms with van der Waals surface area (Å²) in [6.07, 6.45) is 3.22. The number of aliphatic imine (C=N–C) groups is 1. The molecule has 1 rings (SSSR count). The van der Waals surface area contributed by atoms with Gasteiger partial charge in [-0.3, -0.25) is 5.73 Å². The largest absolute Gasteiger partial charge is 0.360 e. The van der Waals surface area contributed by atoms with Gasteiger partial charge in [-0.25, -0.2) is 9.98 Å². The van der Waals surface area contributed by atoms with Crippen molar-refractivity contribution in [2.24, 2.45) is 10.7 Å². The van der Waals surface area contributed by atoms with Crippen LogP contribution in [-0.2, 0) is 0 Å². The smallest absolute Gasteiger partial charge is 0.200 e. The average Bonchev–Trinajstić information content (AvgIpc) is 2.39. The molecule has 0 aliphatic carbocycles. The maximum Gasteiger partial charge on any atom is 0.200 e. The molecular weight excluding hydrogens is 146 g/mol. The Balaban J connectivity index is 2.34. The van der Waals surface area contributed by atoms with Gasteiger partial charge in [-0.15, -0.1) is 0 Å². The maximum atomic E-state index is 8.50. The van der Waals surface area contributed by atoms with E-state index in [2.05, 4.69) is 20.3 Å². The number of hydrogen-bond donors (Lipinski definition) is 4. The van der Waals surface area contributed by atoms with Crippen LogP contribution in [0.2, 0.25) is 0 Å². The molecule has 60 valence electrons. The molecule has 1 atom stereocenters. The first kappa shape index (κ1) is 7.70. The van der Waals surface area contributed by atoms with Crippen molar-refractivity contribution in [1.29, 1.82) is 0 Å². The molecule has 0 spiro atoms. The third-order valence-electron chi connectivity index (χ3n) is 0.946. The first-order valence-corrected chi connectivity index (χ1v) is 2.99. The fourth-order valence-electron chi connectivity index (χ4n) is 0.518. The van der Waals surface area contributed by atoms with Crippen molar-refractivity contribution in [3.63, 3.8) is 0 Å². The lowest BCUT2D eigenvalue weighted by Gasteiger charge is -1.95. The first-order valence-electron chi connectivity index (χ1n) is 2.99. The van der Waals surface area contributed by atoms with Crippen LogP contribution in [0.4, 0.5) is 5.82 Å². The molecule has 5 N–H and O–H groups in total. The van der Waals surface area contributed by atoms with Gasteiger partial charge in [-0.05, 0) is 0 Å². The molecule has 0 aromatic carbocycles. The first-order chi connectivity index (χ1) is 5.29. The number of aromatic nitrogens is 2. The lowest BCUT2D eigenvalue weighted by Crippen LogP contribution is -2.16. The Morgan fingerprint density at radius 1 is 1.91 bits per heavy atom. The number of hydrogen-bond acceptors (Lipinski definition) is 4. The summed E-state index contributed by atoms with van der Waals surface area (Å²) in [6, 6.07) is 0. The van der Waals surface area contributed by atoms with Crippen molar-refractivity contribution in [3.8, 4) is 0 Å².